The van der Waals surface area contributed by atoms with E-state index in [9.17, 15) is 4.79 Å². The molecule has 5 nitrogen and oxygen atoms in total. The number of carbonyl (C=O) groups excluding carboxylic acids is 1. The second-order valence-electron chi connectivity index (χ2n) is 4.65. The fraction of sp³-hybridized carbons (Fsp3) is 0.500. The zero-order chi connectivity index (χ0) is 15.5. The van der Waals surface area contributed by atoms with Crippen molar-refractivity contribution in [2.75, 3.05) is 7.11 Å². The molecular weight excluding hydrogens is 268 g/mol. The minimum atomic E-state index is -0.540. The van der Waals surface area contributed by atoms with Crippen LogP contribution in [0.5, 0.6) is 11.5 Å². The van der Waals surface area contributed by atoms with Crippen molar-refractivity contribution in [2.45, 2.75) is 45.6 Å². The fourth-order valence-electron chi connectivity index (χ4n) is 1.70. The molecule has 0 aliphatic heterocycles. The first-order valence-corrected chi connectivity index (χ1v) is 7.33. The van der Waals surface area contributed by atoms with E-state index >= 15 is 0 Å². The van der Waals surface area contributed by atoms with Crippen LogP contribution in [0.1, 0.15) is 39.5 Å². The van der Waals surface area contributed by atoms with Crippen LogP contribution >= 0.6 is 0 Å². The highest BCUT2D eigenvalue weighted by molar-refractivity contribution is 5.81. The largest absolute Gasteiger partial charge is 0.497 e. The number of nitrogens with zero attached hydrogens (tertiary/aromatic N) is 1. The van der Waals surface area contributed by atoms with Gasteiger partial charge in [0.15, 0.2) is 6.10 Å². The van der Waals surface area contributed by atoms with Crippen LogP contribution in [0.4, 0.5) is 0 Å². The molecule has 0 radical (unpaired) electrons. The van der Waals surface area contributed by atoms with Crippen molar-refractivity contribution in [3.05, 3.63) is 24.3 Å². The average molecular weight is 292 g/mol. The van der Waals surface area contributed by atoms with Gasteiger partial charge in [0, 0.05) is 6.21 Å². The Kier molecular flexibility index (Phi) is 7.94. The number of ether oxygens (including phenoxy) is 2. The number of unbranched alkanes of at least 4 members (excludes halogenated alkanes) is 1. The van der Waals surface area contributed by atoms with Gasteiger partial charge in [-0.15, -0.1) is 0 Å². The zero-order valence-corrected chi connectivity index (χ0v) is 13.0. The predicted molar refractivity (Wildman–Crippen MR) is 83.9 cm³/mol. The summed E-state index contributed by atoms with van der Waals surface area (Å²) in [6.07, 6.45) is 4.50. The van der Waals surface area contributed by atoms with Crippen LogP contribution in [-0.2, 0) is 4.79 Å². The van der Waals surface area contributed by atoms with Crippen molar-refractivity contribution < 1.29 is 14.3 Å². The Labute approximate surface area is 126 Å². The van der Waals surface area contributed by atoms with E-state index < -0.39 is 6.10 Å². The van der Waals surface area contributed by atoms with Crippen LogP contribution in [0.3, 0.4) is 0 Å². The van der Waals surface area contributed by atoms with E-state index in [0.29, 0.717) is 12.2 Å². The van der Waals surface area contributed by atoms with Gasteiger partial charge >= 0.3 is 0 Å². The quantitative estimate of drug-likeness (QED) is 0.562. The normalized spacial score (nSPS) is 12.1. The van der Waals surface area contributed by atoms with Gasteiger partial charge in [-0.1, -0.05) is 26.7 Å². The Morgan fingerprint density at radius 2 is 1.90 bits per heavy atom. The minimum absolute atomic E-state index is 0.222. The molecule has 1 unspecified atom stereocenters. The smallest absolute Gasteiger partial charge is 0.281 e. The summed E-state index contributed by atoms with van der Waals surface area (Å²) in [5.41, 5.74) is 2.53. The third-order valence-electron chi connectivity index (χ3n) is 2.86. The molecule has 116 valence electrons. The van der Waals surface area contributed by atoms with Crippen molar-refractivity contribution in [1.29, 1.82) is 0 Å². The molecule has 0 saturated heterocycles. The van der Waals surface area contributed by atoms with Gasteiger partial charge in [-0.3, -0.25) is 4.79 Å². The Hall–Kier alpha value is -2.04. The summed E-state index contributed by atoms with van der Waals surface area (Å²) < 4.78 is 10.8. The van der Waals surface area contributed by atoms with Crippen LogP contribution in [0.25, 0.3) is 0 Å². The molecular formula is C16H24N2O3. The summed E-state index contributed by atoms with van der Waals surface area (Å²) in [5, 5.41) is 3.91. The van der Waals surface area contributed by atoms with Gasteiger partial charge in [0.25, 0.3) is 5.91 Å². The number of methoxy groups -OCH3 is 1. The van der Waals surface area contributed by atoms with Crippen molar-refractivity contribution in [2.24, 2.45) is 5.10 Å². The van der Waals surface area contributed by atoms with E-state index in [-0.39, 0.29) is 5.91 Å². The highest BCUT2D eigenvalue weighted by Crippen LogP contribution is 2.19. The number of carbonyl (C=O) groups is 1. The highest BCUT2D eigenvalue weighted by atomic mass is 16.5. The van der Waals surface area contributed by atoms with Gasteiger partial charge in [-0.2, -0.15) is 5.10 Å². The first-order valence-electron chi connectivity index (χ1n) is 7.33. The summed E-state index contributed by atoms with van der Waals surface area (Å²) >= 11 is 0. The number of hydrogen-bond acceptors (Lipinski definition) is 4. The molecule has 0 fully saturated rings. The third-order valence-corrected chi connectivity index (χ3v) is 2.86. The standard InChI is InChI=1S/C16H24N2O3/c1-4-6-12-17-18-16(19)15(7-5-2)21-14-10-8-13(20-3)9-11-14/h8-12,15H,4-7H2,1-3H3,(H,18,19). The summed E-state index contributed by atoms with van der Waals surface area (Å²) in [4.78, 5) is 12.0. The third kappa shape index (κ3) is 6.29. The second-order valence-corrected chi connectivity index (χ2v) is 4.65. The Balaban J connectivity index is 2.60. The van der Waals surface area contributed by atoms with E-state index in [4.69, 9.17) is 9.47 Å². The number of hydrazone groups is 1. The van der Waals surface area contributed by atoms with Gasteiger partial charge in [0.1, 0.15) is 11.5 Å². The molecule has 0 aliphatic rings. The molecule has 1 amide bonds. The number of benzene rings is 1. The Morgan fingerprint density at radius 1 is 1.24 bits per heavy atom. The fourth-order valence-corrected chi connectivity index (χ4v) is 1.70. The molecule has 0 heterocycles. The summed E-state index contributed by atoms with van der Waals surface area (Å²) in [7, 11) is 1.61. The SMILES string of the molecule is CCCC=NNC(=O)C(CCC)Oc1ccc(OC)cc1. The van der Waals surface area contributed by atoms with Gasteiger partial charge in [0.05, 0.1) is 7.11 Å². The lowest BCUT2D eigenvalue weighted by Crippen LogP contribution is -2.35. The number of rotatable bonds is 9. The van der Waals surface area contributed by atoms with Crippen LogP contribution in [0.15, 0.2) is 29.4 Å². The lowest BCUT2D eigenvalue weighted by molar-refractivity contribution is -0.128. The van der Waals surface area contributed by atoms with Crippen LogP contribution in [-0.4, -0.2) is 25.3 Å². The van der Waals surface area contributed by atoms with Crippen LogP contribution < -0.4 is 14.9 Å². The van der Waals surface area contributed by atoms with E-state index in [0.717, 1.165) is 25.0 Å². The first kappa shape index (κ1) is 17.0. The maximum Gasteiger partial charge on any atom is 0.281 e. The molecule has 1 aromatic carbocycles. The van der Waals surface area contributed by atoms with Gasteiger partial charge < -0.3 is 9.47 Å². The molecule has 1 N–H and O–H groups in total. The van der Waals surface area contributed by atoms with E-state index in [2.05, 4.69) is 17.5 Å². The number of nitrogens with one attached hydrogen (secondary N) is 1. The van der Waals surface area contributed by atoms with Crippen LogP contribution in [0, 0.1) is 0 Å². The van der Waals surface area contributed by atoms with Crippen molar-refractivity contribution in [3.8, 4) is 11.5 Å². The van der Waals surface area contributed by atoms with Crippen LogP contribution in [0.2, 0.25) is 0 Å². The summed E-state index contributed by atoms with van der Waals surface area (Å²) in [6.45, 7) is 4.07. The molecule has 5 heteroatoms. The topological polar surface area (TPSA) is 59.9 Å². The monoisotopic (exact) mass is 292 g/mol. The van der Waals surface area contributed by atoms with Crippen molar-refractivity contribution in [1.82, 2.24) is 5.43 Å². The lowest BCUT2D eigenvalue weighted by atomic mass is 10.2. The van der Waals surface area contributed by atoms with E-state index in [1.165, 1.54) is 0 Å². The highest BCUT2D eigenvalue weighted by Gasteiger charge is 2.19. The number of hydrogen-bond donors (Lipinski definition) is 1. The van der Waals surface area contributed by atoms with E-state index in [1.807, 2.05) is 6.92 Å². The molecule has 1 rings (SSSR count). The molecule has 21 heavy (non-hydrogen) atoms. The predicted octanol–water partition coefficient (Wildman–Crippen LogP) is 3.14. The van der Waals surface area contributed by atoms with Gasteiger partial charge in [-0.05, 0) is 37.1 Å². The maximum absolute atomic E-state index is 12.0. The Morgan fingerprint density at radius 3 is 2.48 bits per heavy atom. The maximum atomic E-state index is 12.0. The van der Waals surface area contributed by atoms with Crippen molar-refractivity contribution in [3.63, 3.8) is 0 Å². The second kappa shape index (κ2) is 9.80. The first-order chi connectivity index (χ1) is 10.2. The van der Waals surface area contributed by atoms with E-state index in [1.54, 1.807) is 37.6 Å². The molecule has 0 aromatic heterocycles. The zero-order valence-electron chi connectivity index (χ0n) is 13.0. The summed E-state index contributed by atoms with van der Waals surface area (Å²) in [5.74, 6) is 1.17. The number of amides is 1. The molecule has 1 aromatic rings. The van der Waals surface area contributed by atoms with Gasteiger partial charge in [-0.25, -0.2) is 5.43 Å². The summed E-state index contributed by atoms with van der Waals surface area (Å²) in [6, 6.07) is 7.18. The molecule has 1 atom stereocenters. The minimum Gasteiger partial charge on any atom is -0.497 e. The Bertz CT molecular complexity index is 443. The molecule has 0 spiro atoms. The molecule has 0 saturated carbocycles. The van der Waals surface area contributed by atoms with Crippen molar-refractivity contribution >= 4 is 12.1 Å². The molecule has 0 aliphatic carbocycles. The lowest BCUT2D eigenvalue weighted by Gasteiger charge is -2.17. The molecule has 0 bridgehead atoms. The van der Waals surface area contributed by atoms with Gasteiger partial charge in [0.2, 0.25) is 0 Å². The average Bonchev–Trinajstić information content (AvgIpc) is 2.51.